The predicted molar refractivity (Wildman–Crippen MR) is 168 cm³/mol. The number of amides is 3. The van der Waals surface area contributed by atoms with Gasteiger partial charge in [-0.1, -0.05) is 60.7 Å². The van der Waals surface area contributed by atoms with Crippen molar-refractivity contribution in [1.82, 2.24) is 20.9 Å². The van der Waals surface area contributed by atoms with E-state index in [1.54, 1.807) is 36.5 Å². The van der Waals surface area contributed by atoms with Gasteiger partial charge in [0.15, 0.2) is 0 Å². The van der Waals surface area contributed by atoms with Crippen LogP contribution in [0.4, 0.5) is 0 Å². The first-order valence-electron chi connectivity index (χ1n) is 14.5. The van der Waals surface area contributed by atoms with Crippen molar-refractivity contribution >= 4 is 40.6 Å². The summed E-state index contributed by atoms with van der Waals surface area (Å²) in [7, 11) is 0. The molecule has 0 bridgehead atoms. The number of rotatable bonds is 15. The van der Waals surface area contributed by atoms with Gasteiger partial charge in [-0.05, 0) is 34.9 Å². The van der Waals surface area contributed by atoms with E-state index in [1.165, 1.54) is 24.3 Å². The van der Waals surface area contributed by atoms with Crippen molar-refractivity contribution in [2.75, 3.05) is 0 Å². The van der Waals surface area contributed by atoms with E-state index < -0.39 is 60.2 Å². The van der Waals surface area contributed by atoms with Gasteiger partial charge < -0.3 is 42.0 Å². The first-order chi connectivity index (χ1) is 22.0. The maximum absolute atomic E-state index is 13.8. The van der Waals surface area contributed by atoms with E-state index in [0.717, 1.165) is 10.9 Å². The van der Waals surface area contributed by atoms with Crippen LogP contribution in [0.15, 0.2) is 85.1 Å². The zero-order valence-electron chi connectivity index (χ0n) is 24.7. The van der Waals surface area contributed by atoms with E-state index in [-0.39, 0.29) is 25.0 Å². The molecule has 240 valence electrons. The van der Waals surface area contributed by atoms with Crippen LogP contribution in [0.3, 0.4) is 0 Å². The van der Waals surface area contributed by atoms with Crippen LogP contribution in [0.5, 0.6) is 5.75 Å². The normalized spacial score (nSPS) is 13.6. The zero-order chi connectivity index (χ0) is 33.2. The number of benzene rings is 3. The Morgan fingerprint density at radius 3 is 1.87 bits per heavy atom. The number of carbonyl (C=O) groups is 5. The summed E-state index contributed by atoms with van der Waals surface area (Å²) in [6, 6.07) is 16.6. The predicted octanol–water partition coefficient (Wildman–Crippen LogP) is 1.24. The summed E-state index contributed by atoms with van der Waals surface area (Å²) in [5, 5.41) is 37.0. The lowest BCUT2D eigenvalue weighted by molar-refractivity contribution is -0.142. The Morgan fingerprint density at radius 1 is 0.674 bits per heavy atom. The second-order valence-corrected chi connectivity index (χ2v) is 10.9. The summed E-state index contributed by atoms with van der Waals surface area (Å²) in [6.45, 7) is 0. The number of carboxylic acids is 2. The third kappa shape index (κ3) is 9.16. The molecule has 13 nitrogen and oxygen atoms in total. The lowest BCUT2D eigenvalue weighted by Gasteiger charge is -2.25. The molecule has 4 unspecified atom stereocenters. The van der Waals surface area contributed by atoms with Crippen molar-refractivity contribution in [3.05, 3.63) is 102 Å². The number of nitrogens with one attached hydrogen (secondary N) is 4. The molecule has 9 N–H and O–H groups in total. The van der Waals surface area contributed by atoms with E-state index in [9.17, 15) is 34.2 Å². The first kappa shape index (κ1) is 33.2. The Balaban J connectivity index is 1.59. The van der Waals surface area contributed by atoms with Gasteiger partial charge in [-0.25, -0.2) is 4.79 Å². The Kier molecular flexibility index (Phi) is 11.1. The number of aliphatic carboxylic acids is 2. The van der Waals surface area contributed by atoms with Crippen LogP contribution in [-0.2, 0) is 43.2 Å². The Bertz CT molecular complexity index is 1690. The molecular formula is C33H35N5O8. The molecule has 0 spiro atoms. The maximum atomic E-state index is 13.8. The molecule has 46 heavy (non-hydrogen) atoms. The number of phenolic OH excluding ortho intramolecular Hbond substituents is 1. The number of hydrogen-bond donors (Lipinski definition) is 8. The van der Waals surface area contributed by atoms with Gasteiger partial charge in [0, 0.05) is 36.4 Å². The molecule has 0 fully saturated rings. The Hall–Kier alpha value is -5.69. The smallest absolute Gasteiger partial charge is 0.326 e. The van der Waals surface area contributed by atoms with Crippen LogP contribution < -0.4 is 21.7 Å². The van der Waals surface area contributed by atoms with Crippen molar-refractivity contribution in [2.24, 2.45) is 5.73 Å². The molecule has 3 aromatic carbocycles. The van der Waals surface area contributed by atoms with Gasteiger partial charge in [-0.2, -0.15) is 0 Å². The summed E-state index contributed by atoms with van der Waals surface area (Å²) in [4.78, 5) is 66.7. The van der Waals surface area contributed by atoms with Gasteiger partial charge >= 0.3 is 11.9 Å². The molecule has 0 aliphatic rings. The lowest BCUT2D eigenvalue weighted by atomic mass is 10.0. The van der Waals surface area contributed by atoms with Crippen molar-refractivity contribution in [3.8, 4) is 5.75 Å². The molecule has 1 heterocycles. The standard InChI is InChI=1S/C33H35N5O8/c34-24(17-29(40)41)30(42)36-27(16-21-18-35-25-9-5-4-8-23(21)25)32(44)37-26(14-19-6-2-1-3-7-19)31(43)38-28(33(45)46)15-20-10-12-22(39)13-11-20/h1-13,18,24,26-28,35,39H,14-17,34H2,(H,36,42)(H,37,44)(H,38,43)(H,40,41)(H,45,46). The van der Waals surface area contributed by atoms with Crippen LogP contribution in [-0.4, -0.2) is 74.1 Å². The number of carboxylic acid groups (broad SMARTS) is 2. The van der Waals surface area contributed by atoms with Crippen LogP contribution in [0.1, 0.15) is 23.1 Å². The molecule has 4 rings (SSSR count). The molecule has 3 amide bonds. The van der Waals surface area contributed by atoms with Gasteiger partial charge in [0.1, 0.15) is 23.9 Å². The summed E-state index contributed by atoms with van der Waals surface area (Å²) in [6.07, 6.45) is 0.900. The average molecular weight is 630 g/mol. The largest absolute Gasteiger partial charge is 0.508 e. The third-order valence-electron chi connectivity index (χ3n) is 7.37. The Labute approximate surface area is 263 Å². The van der Waals surface area contributed by atoms with Gasteiger partial charge in [-0.15, -0.1) is 0 Å². The number of aromatic hydroxyl groups is 1. The second kappa shape index (κ2) is 15.3. The number of H-pyrrole nitrogens is 1. The third-order valence-corrected chi connectivity index (χ3v) is 7.37. The van der Waals surface area contributed by atoms with Crippen molar-refractivity contribution in [3.63, 3.8) is 0 Å². The molecule has 0 radical (unpaired) electrons. The SMILES string of the molecule is NC(CC(=O)O)C(=O)NC(Cc1c[nH]c2ccccc12)C(=O)NC(Cc1ccccc1)C(=O)NC(Cc1ccc(O)cc1)C(=O)O. The van der Waals surface area contributed by atoms with Crippen LogP contribution in [0.2, 0.25) is 0 Å². The second-order valence-electron chi connectivity index (χ2n) is 10.9. The summed E-state index contributed by atoms with van der Waals surface area (Å²) in [5.41, 5.74) is 8.46. The zero-order valence-corrected chi connectivity index (χ0v) is 24.7. The van der Waals surface area contributed by atoms with E-state index in [4.69, 9.17) is 10.8 Å². The highest BCUT2D eigenvalue weighted by atomic mass is 16.4. The van der Waals surface area contributed by atoms with E-state index in [1.807, 2.05) is 24.3 Å². The molecule has 4 atom stereocenters. The minimum Gasteiger partial charge on any atom is -0.508 e. The minimum atomic E-state index is -1.43. The topological polar surface area (TPSA) is 224 Å². The molecule has 0 aliphatic carbocycles. The van der Waals surface area contributed by atoms with Gasteiger partial charge in [0.2, 0.25) is 17.7 Å². The fourth-order valence-corrected chi connectivity index (χ4v) is 4.96. The van der Waals surface area contributed by atoms with Gasteiger partial charge in [0.05, 0.1) is 12.5 Å². The van der Waals surface area contributed by atoms with Gasteiger partial charge in [-0.3, -0.25) is 19.2 Å². The summed E-state index contributed by atoms with van der Waals surface area (Å²) < 4.78 is 0. The number of fused-ring (bicyclic) bond motifs is 1. The molecule has 0 saturated heterocycles. The summed E-state index contributed by atoms with van der Waals surface area (Å²) in [5.74, 6) is -5.00. The lowest BCUT2D eigenvalue weighted by Crippen LogP contribution is -2.58. The number of aromatic nitrogens is 1. The number of para-hydroxylation sites is 1. The van der Waals surface area contributed by atoms with Gasteiger partial charge in [0.25, 0.3) is 0 Å². The van der Waals surface area contributed by atoms with E-state index in [2.05, 4.69) is 20.9 Å². The van der Waals surface area contributed by atoms with E-state index in [0.29, 0.717) is 16.7 Å². The van der Waals surface area contributed by atoms with Crippen LogP contribution in [0, 0.1) is 0 Å². The monoisotopic (exact) mass is 629 g/mol. The Morgan fingerprint density at radius 2 is 1.22 bits per heavy atom. The highest BCUT2D eigenvalue weighted by Crippen LogP contribution is 2.20. The number of phenols is 1. The average Bonchev–Trinajstić information content (AvgIpc) is 3.43. The molecule has 4 aromatic rings. The number of aromatic amines is 1. The molecule has 1 aromatic heterocycles. The van der Waals surface area contributed by atoms with Crippen molar-refractivity contribution < 1.29 is 39.3 Å². The van der Waals surface area contributed by atoms with Crippen LogP contribution in [0.25, 0.3) is 10.9 Å². The maximum Gasteiger partial charge on any atom is 0.326 e. The van der Waals surface area contributed by atoms with Crippen molar-refractivity contribution in [1.29, 1.82) is 0 Å². The number of carbonyl (C=O) groups excluding carboxylic acids is 3. The number of hydrogen-bond acceptors (Lipinski definition) is 7. The first-order valence-corrected chi connectivity index (χ1v) is 14.5. The molecule has 13 heteroatoms. The van der Waals surface area contributed by atoms with Crippen molar-refractivity contribution in [2.45, 2.75) is 49.9 Å². The highest BCUT2D eigenvalue weighted by molar-refractivity contribution is 5.95. The molecule has 0 aliphatic heterocycles. The minimum absolute atomic E-state index is 0.00324. The fourth-order valence-electron chi connectivity index (χ4n) is 4.96. The van der Waals surface area contributed by atoms with Crippen LogP contribution >= 0.6 is 0 Å². The molecular weight excluding hydrogens is 594 g/mol. The number of nitrogens with two attached hydrogens (primary N) is 1. The van der Waals surface area contributed by atoms with E-state index >= 15 is 0 Å². The fraction of sp³-hybridized carbons (Fsp3) is 0.242. The highest BCUT2D eigenvalue weighted by Gasteiger charge is 2.31. The quantitative estimate of drug-likeness (QED) is 0.0946. The summed E-state index contributed by atoms with van der Waals surface area (Å²) >= 11 is 0. The molecule has 0 saturated carbocycles.